The van der Waals surface area contributed by atoms with Crippen LogP contribution in [-0.2, 0) is 6.54 Å². The smallest absolute Gasteiger partial charge is 0.165 e. The summed E-state index contributed by atoms with van der Waals surface area (Å²) in [6.45, 7) is 2.96. The van der Waals surface area contributed by atoms with Crippen LogP contribution in [0.3, 0.4) is 0 Å². The first kappa shape index (κ1) is 14.9. The van der Waals surface area contributed by atoms with Gasteiger partial charge in [-0.1, -0.05) is 28.9 Å². The van der Waals surface area contributed by atoms with Crippen molar-refractivity contribution in [3.05, 3.63) is 58.1 Å². The lowest BCUT2D eigenvalue weighted by atomic mass is 10.2. The highest BCUT2D eigenvalue weighted by atomic mass is 79.9. The minimum absolute atomic E-state index is 0.0581. The number of hydrogen-bond donors (Lipinski definition) is 1. The maximum Gasteiger partial charge on any atom is 0.165 e. The van der Waals surface area contributed by atoms with Gasteiger partial charge in [0.15, 0.2) is 11.6 Å². The maximum atomic E-state index is 13.8. The van der Waals surface area contributed by atoms with Crippen molar-refractivity contribution in [3.8, 4) is 11.5 Å². The second-order valence-corrected chi connectivity index (χ2v) is 5.09. The molecule has 0 bridgehead atoms. The van der Waals surface area contributed by atoms with E-state index in [1.165, 1.54) is 24.3 Å². The third-order valence-corrected chi connectivity index (χ3v) is 3.23. The first-order chi connectivity index (χ1) is 9.61. The van der Waals surface area contributed by atoms with Crippen molar-refractivity contribution in [2.75, 3.05) is 6.54 Å². The summed E-state index contributed by atoms with van der Waals surface area (Å²) < 4.78 is 33.7. The highest BCUT2D eigenvalue weighted by molar-refractivity contribution is 9.10. The van der Waals surface area contributed by atoms with Gasteiger partial charge in [-0.2, -0.15) is 0 Å². The van der Waals surface area contributed by atoms with Gasteiger partial charge in [0.05, 0.1) is 0 Å². The Morgan fingerprint density at radius 2 is 1.90 bits per heavy atom. The van der Waals surface area contributed by atoms with Gasteiger partial charge in [0.1, 0.15) is 11.6 Å². The topological polar surface area (TPSA) is 21.3 Å². The molecular formula is C15H14BrF2NO. The average molecular weight is 342 g/mol. The van der Waals surface area contributed by atoms with E-state index in [1.54, 1.807) is 12.1 Å². The molecule has 0 aliphatic carbocycles. The van der Waals surface area contributed by atoms with Crippen LogP contribution in [0.15, 0.2) is 40.9 Å². The van der Waals surface area contributed by atoms with Gasteiger partial charge in [-0.25, -0.2) is 8.78 Å². The minimum Gasteiger partial charge on any atom is -0.454 e. The molecule has 2 rings (SSSR count). The van der Waals surface area contributed by atoms with Gasteiger partial charge in [0.2, 0.25) is 0 Å². The molecule has 2 aromatic carbocycles. The van der Waals surface area contributed by atoms with Crippen LogP contribution in [0.2, 0.25) is 0 Å². The van der Waals surface area contributed by atoms with E-state index in [1.807, 2.05) is 6.92 Å². The maximum absolute atomic E-state index is 13.8. The van der Waals surface area contributed by atoms with Crippen LogP contribution >= 0.6 is 15.9 Å². The predicted octanol–water partition coefficient (Wildman–Crippen LogP) is 4.63. The molecule has 0 saturated heterocycles. The Balaban J connectivity index is 2.33. The van der Waals surface area contributed by atoms with Crippen molar-refractivity contribution in [3.63, 3.8) is 0 Å². The summed E-state index contributed by atoms with van der Waals surface area (Å²) in [6, 6.07) is 8.90. The van der Waals surface area contributed by atoms with E-state index in [4.69, 9.17) is 4.74 Å². The van der Waals surface area contributed by atoms with Crippen LogP contribution < -0.4 is 10.1 Å². The summed E-state index contributed by atoms with van der Waals surface area (Å²) in [4.78, 5) is 0. The number of halogens is 3. The summed E-state index contributed by atoms with van der Waals surface area (Å²) >= 11 is 3.25. The molecule has 1 N–H and O–H groups in total. The largest absolute Gasteiger partial charge is 0.454 e. The Morgan fingerprint density at radius 1 is 1.10 bits per heavy atom. The Bertz CT molecular complexity index is 604. The molecule has 0 heterocycles. The number of benzene rings is 2. The molecule has 20 heavy (non-hydrogen) atoms. The lowest BCUT2D eigenvalue weighted by Crippen LogP contribution is -2.13. The van der Waals surface area contributed by atoms with Crippen molar-refractivity contribution in [1.82, 2.24) is 5.32 Å². The lowest BCUT2D eigenvalue weighted by Gasteiger charge is -2.13. The van der Waals surface area contributed by atoms with Gasteiger partial charge in [0, 0.05) is 16.6 Å². The summed E-state index contributed by atoms with van der Waals surface area (Å²) in [6.07, 6.45) is 0. The van der Waals surface area contributed by atoms with E-state index < -0.39 is 5.82 Å². The zero-order chi connectivity index (χ0) is 14.5. The Kier molecular flexibility index (Phi) is 5.09. The first-order valence-corrected chi connectivity index (χ1v) is 7.02. The number of ether oxygens (including phenoxy) is 1. The summed E-state index contributed by atoms with van der Waals surface area (Å²) in [5.74, 6) is -0.503. The first-order valence-electron chi connectivity index (χ1n) is 6.23. The molecule has 0 atom stereocenters. The minimum atomic E-state index is -0.494. The van der Waals surface area contributed by atoms with E-state index in [0.717, 1.165) is 0 Å². The van der Waals surface area contributed by atoms with Gasteiger partial charge in [-0.05, 0) is 36.9 Å². The van der Waals surface area contributed by atoms with E-state index >= 15 is 0 Å². The number of hydrogen-bond acceptors (Lipinski definition) is 2. The normalized spacial score (nSPS) is 10.6. The third kappa shape index (κ3) is 3.55. The molecule has 0 unspecified atom stereocenters. The van der Waals surface area contributed by atoms with Crippen molar-refractivity contribution < 1.29 is 13.5 Å². The molecule has 0 saturated carbocycles. The van der Waals surface area contributed by atoms with Gasteiger partial charge in [-0.3, -0.25) is 0 Å². The molecule has 0 aliphatic rings. The fourth-order valence-electron chi connectivity index (χ4n) is 1.73. The molecule has 2 nitrogen and oxygen atoms in total. The molecule has 2 aromatic rings. The fraction of sp³-hybridized carbons (Fsp3) is 0.200. The van der Waals surface area contributed by atoms with Gasteiger partial charge >= 0.3 is 0 Å². The SMILES string of the molecule is CCNCc1c(F)cccc1Oc1cc(Br)ccc1F. The average Bonchev–Trinajstić information content (AvgIpc) is 2.42. The van der Waals surface area contributed by atoms with Gasteiger partial charge < -0.3 is 10.1 Å². The quantitative estimate of drug-likeness (QED) is 0.856. The van der Waals surface area contributed by atoms with Crippen LogP contribution in [0.25, 0.3) is 0 Å². The van der Waals surface area contributed by atoms with Crippen LogP contribution in [0.5, 0.6) is 11.5 Å². The van der Waals surface area contributed by atoms with E-state index in [0.29, 0.717) is 28.9 Å². The molecule has 0 radical (unpaired) electrons. The molecule has 0 spiro atoms. The van der Waals surface area contributed by atoms with Crippen LogP contribution in [-0.4, -0.2) is 6.54 Å². The van der Waals surface area contributed by atoms with E-state index in [2.05, 4.69) is 21.2 Å². The molecule has 0 fully saturated rings. The lowest BCUT2D eigenvalue weighted by molar-refractivity contribution is 0.429. The highest BCUT2D eigenvalue weighted by Gasteiger charge is 2.12. The van der Waals surface area contributed by atoms with Crippen LogP contribution in [0.1, 0.15) is 12.5 Å². The molecule has 0 aliphatic heterocycles. The van der Waals surface area contributed by atoms with Crippen molar-refractivity contribution in [2.45, 2.75) is 13.5 Å². The fourth-order valence-corrected chi connectivity index (χ4v) is 2.07. The summed E-state index contributed by atoms with van der Waals surface area (Å²) in [5, 5.41) is 3.03. The van der Waals surface area contributed by atoms with E-state index in [-0.39, 0.29) is 11.6 Å². The summed E-state index contributed by atoms with van der Waals surface area (Å²) in [7, 11) is 0. The molecule has 5 heteroatoms. The zero-order valence-corrected chi connectivity index (χ0v) is 12.5. The number of nitrogens with one attached hydrogen (secondary N) is 1. The van der Waals surface area contributed by atoms with Crippen molar-refractivity contribution in [1.29, 1.82) is 0 Å². The number of rotatable bonds is 5. The van der Waals surface area contributed by atoms with Gasteiger partial charge in [0.25, 0.3) is 0 Å². The van der Waals surface area contributed by atoms with Crippen molar-refractivity contribution >= 4 is 15.9 Å². The van der Waals surface area contributed by atoms with Crippen molar-refractivity contribution in [2.24, 2.45) is 0 Å². The van der Waals surface area contributed by atoms with Crippen LogP contribution in [0, 0.1) is 11.6 Å². The second-order valence-electron chi connectivity index (χ2n) is 4.17. The van der Waals surface area contributed by atoms with Gasteiger partial charge in [-0.15, -0.1) is 0 Å². The van der Waals surface area contributed by atoms with E-state index in [9.17, 15) is 8.78 Å². The third-order valence-electron chi connectivity index (χ3n) is 2.74. The predicted molar refractivity (Wildman–Crippen MR) is 78.0 cm³/mol. The molecule has 0 amide bonds. The molecular weight excluding hydrogens is 328 g/mol. The molecule has 0 aromatic heterocycles. The summed E-state index contributed by atoms with van der Waals surface area (Å²) in [5.41, 5.74) is 0.383. The highest BCUT2D eigenvalue weighted by Crippen LogP contribution is 2.30. The Labute approximate surface area is 124 Å². The second kappa shape index (κ2) is 6.81. The Morgan fingerprint density at radius 3 is 2.65 bits per heavy atom. The molecule has 106 valence electrons. The standard InChI is InChI=1S/C15H14BrF2NO/c1-2-19-9-11-12(17)4-3-5-14(11)20-15-8-10(16)6-7-13(15)18/h3-8,19H,2,9H2,1H3. The zero-order valence-electron chi connectivity index (χ0n) is 10.9. The van der Waals surface area contributed by atoms with Crippen LogP contribution in [0.4, 0.5) is 8.78 Å². The monoisotopic (exact) mass is 341 g/mol. The Hall–Kier alpha value is -1.46.